The number of ether oxygens (including phenoxy) is 1. The molecule has 1 saturated heterocycles. The zero-order valence-electron chi connectivity index (χ0n) is 18.3. The van der Waals surface area contributed by atoms with Gasteiger partial charge in [0.2, 0.25) is 0 Å². The van der Waals surface area contributed by atoms with E-state index in [1.807, 2.05) is 18.2 Å². The molecule has 174 valence electrons. The van der Waals surface area contributed by atoms with Gasteiger partial charge in [0.1, 0.15) is 22.9 Å². The van der Waals surface area contributed by atoms with E-state index in [4.69, 9.17) is 4.74 Å². The van der Waals surface area contributed by atoms with Crippen LogP contribution in [-0.4, -0.2) is 29.1 Å². The van der Waals surface area contributed by atoms with Crippen LogP contribution in [0.1, 0.15) is 22.8 Å². The van der Waals surface area contributed by atoms with E-state index >= 15 is 0 Å². The van der Waals surface area contributed by atoms with Gasteiger partial charge in [-0.1, -0.05) is 24.3 Å². The van der Waals surface area contributed by atoms with E-state index in [1.54, 1.807) is 49.4 Å². The third-order valence-electron chi connectivity index (χ3n) is 5.19. The molecule has 4 rings (SSSR count). The lowest BCUT2D eigenvalue weighted by Gasteiger charge is -2.20. The highest BCUT2D eigenvalue weighted by atomic mass is 32.2. The topological polar surface area (TPSA) is 96.5 Å². The summed E-state index contributed by atoms with van der Waals surface area (Å²) in [6.45, 7) is 1.96. The van der Waals surface area contributed by atoms with Gasteiger partial charge in [-0.05, 0) is 61.0 Å². The maximum absolute atomic E-state index is 13.0. The second kappa shape index (κ2) is 9.96. The Morgan fingerprint density at radius 3 is 2.29 bits per heavy atom. The molecule has 0 spiro atoms. The van der Waals surface area contributed by atoms with Gasteiger partial charge >= 0.3 is 6.03 Å². The molecule has 3 aromatic rings. The number of rotatable bonds is 8. The van der Waals surface area contributed by atoms with Crippen LogP contribution in [0.5, 0.6) is 11.5 Å². The number of benzene rings is 3. The number of carbonyl (C=O) groups is 3. The van der Waals surface area contributed by atoms with Crippen molar-refractivity contribution in [2.24, 2.45) is 0 Å². The molecule has 0 saturated carbocycles. The van der Waals surface area contributed by atoms with Crippen molar-refractivity contribution < 1.29 is 23.5 Å². The molecule has 3 N–H and O–H groups in total. The molecule has 0 radical (unpaired) electrons. The Balaban J connectivity index is 1.34. The highest BCUT2D eigenvalue weighted by molar-refractivity contribution is 7.99. The first-order valence-electron chi connectivity index (χ1n) is 10.5. The van der Waals surface area contributed by atoms with Crippen LogP contribution in [0.3, 0.4) is 0 Å². The first kappa shape index (κ1) is 23.3. The monoisotopic (exact) mass is 479 g/mol. The molecule has 9 heteroatoms. The van der Waals surface area contributed by atoms with E-state index in [0.717, 1.165) is 5.56 Å². The quantitative estimate of drug-likeness (QED) is 0.332. The van der Waals surface area contributed by atoms with E-state index in [-0.39, 0.29) is 17.5 Å². The summed E-state index contributed by atoms with van der Waals surface area (Å²) in [5, 5.41) is 7.75. The lowest BCUT2D eigenvalue weighted by atomic mass is 10.1. The lowest BCUT2D eigenvalue weighted by molar-refractivity contribution is -0.122. The molecule has 1 heterocycles. The minimum Gasteiger partial charge on any atom is -0.457 e. The van der Waals surface area contributed by atoms with Crippen LogP contribution < -0.4 is 20.7 Å². The zero-order valence-corrected chi connectivity index (χ0v) is 19.1. The van der Waals surface area contributed by atoms with E-state index in [0.29, 0.717) is 28.5 Å². The van der Waals surface area contributed by atoms with Crippen LogP contribution in [0.2, 0.25) is 0 Å². The van der Waals surface area contributed by atoms with Crippen LogP contribution in [0.15, 0.2) is 77.7 Å². The summed E-state index contributed by atoms with van der Waals surface area (Å²) in [4.78, 5) is 37.0. The molecule has 4 amide bonds. The number of carbonyl (C=O) groups excluding carboxylic acids is 3. The second-order valence-corrected chi connectivity index (χ2v) is 8.92. The number of hydrogen-bond donors (Lipinski definition) is 3. The standard InChI is InChI=1S/C25H22FN3O4S/c1-25(23(31)28-24(32)29-25)15-34-21-5-3-2-4-20(21)22(30)27-14-16-6-10-18(11-7-16)33-19-12-8-17(26)9-13-19/h2-13H,14-15H2,1H3,(H,27,30)(H2,28,29,31,32). The van der Waals surface area contributed by atoms with Crippen molar-refractivity contribution in [3.63, 3.8) is 0 Å². The summed E-state index contributed by atoms with van der Waals surface area (Å²) in [6.07, 6.45) is 0. The van der Waals surface area contributed by atoms with Crippen molar-refractivity contribution in [2.45, 2.75) is 23.9 Å². The fourth-order valence-electron chi connectivity index (χ4n) is 3.28. The summed E-state index contributed by atoms with van der Waals surface area (Å²) < 4.78 is 18.7. The molecule has 1 aliphatic rings. The smallest absolute Gasteiger partial charge is 0.322 e. The number of thioether (sulfide) groups is 1. The molecular weight excluding hydrogens is 457 g/mol. The van der Waals surface area contributed by atoms with Crippen LogP contribution in [0.25, 0.3) is 0 Å². The number of amides is 4. The maximum Gasteiger partial charge on any atom is 0.322 e. The number of urea groups is 1. The van der Waals surface area contributed by atoms with Crippen LogP contribution >= 0.6 is 11.8 Å². The molecule has 0 aliphatic carbocycles. The van der Waals surface area contributed by atoms with Gasteiger partial charge in [-0.15, -0.1) is 11.8 Å². The minimum atomic E-state index is -1.04. The number of imide groups is 1. The third-order valence-corrected chi connectivity index (χ3v) is 6.58. The van der Waals surface area contributed by atoms with E-state index in [9.17, 15) is 18.8 Å². The molecule has 0 aromatic heterocycles. The van der Waals surface area contributed by atoms with Crippen molar-refractivity contribution >= 4 is 29.6 Å². The zero-order chi connectivity index (χ0) is 24.1. The molecule has 1 unspecified atom stereocenters. The van der Waals surface area contributed by atoms with Crippen molar-refractivity contribution in [3.05, 3.63) is 89.7 Å². The summed E-state index contributed by atoms with van der Waals surface area (Å²) in [5.41, 5.74) is 0.322. The molecule has 1 aliphatic heterocycles. The average Bonchev–Trinajstić information content (AvgIpc) is 3.10. The van der Waals surface area contributed by atoms with Gasteiger partial charge in [0.15, 0.2) is 0 Å². The normalized spacial score (nSPS) is 17.1. The minimum absolute atomic E-state index is 0.250. The van der Waals surface area contributed by atoms with E-state index in [2.05, 4.69) is 16.0 Å². The molecule has 3 aromatic carbocycles. The molecular formula is C25H22FN3O4S. The number of halogens is 1. The Hall–Kier alpha value is -3.85. The lowest BCUT2D eigenvalue weighted by Crippen LogP contribution is -2.46. The largest absolute Gasteiger partial charge is 0.457 e. The van der Waals surface area contributed by atoms with E-state index in [1.165, 1.54) is 23.9 Å². The Labute approximate surface area is 200 Å². The predicted molar refractivity (Wildman–Crippen MR) is 126 cm³/mol. The van der Waals surface area contributed by atoms with Crippen molar-refractivity contribution in [3.8, 4) is 11.5 Å². The molecule has 0 bridgehead atoms. The summed E-state index contributed by atoms with van der Waals surface area (Å²) in [7, 11) is 0. The summed E-state index contributed by atoms with van der Waals surface area (Å²) >= 11 is 1.33. The van der Waals surface area contributed by atoms with Crippen LogP contribution in [0, 0.1) is 5.82 Å². The van der Waals surface area contributed by atoms with Crippen LogP contribution in [-0.2, 0) is 11.3 Å². The van der Waals surface area contributed by atoms with E-state index < -0.39 is 17.5 Å². The second-order valence-electron chi connectivity index (χ2n) is 7.91. The predicted octanol–water partition coefficient (Wildman–Crippen LogP) is 4.24. The van der Waals surface area contributed by atoms with Gasteiger partial charge < -0.3 is 15.4 Å². The van der Waals surface area contributed by atoms with Gasteiger partial charge in [-0.2, -0.15) is 0 Å². The first-order chi connectivity index (χ1) is 16.3. The summed E-state index contributed by atoms with van der Waals surface area (Å²) in [5.74, 6) is 0.437. The van der Waals surface area contributed by atoms with Gasteiger partial charge in [-0.3, -0.25) is 14.9 Å². The van der Waals surface area contributed by atoms with Crippen molar-refractivity contribution in [1.82, 2.24) is 16.0 Å². The molecule has 1 atom stereocenters. The van der Waals surface area contributed by atoms with Crippen molar-refractivity contribution in [1.29, 1.82) is 0 Å². The number of hydrogen-bond acceptors (Lipinski definition) is 5. The van der Waals surface area contributed by atoms with Crippen LogP contribution in [0.4, 0.5) is 9.18 Å². The van der Waals surface area contributed by atoms with Gasteiger partial charge in [-0.25, -0.2) is 9.18 Å². The maximum atomic E-state index is 13.0. The highest BCUT2D eigenvalue weighted by Crippen LogP contribution is 2.28. The van der Waals surface area contributed by atoms with Gasteiger partial charge in [0.05, 0.1) is 5.56 Å². The molecule has 1 fully saturated rings. The van der Waals surface area contributed by atoms with Gasteiger partial charge in [0.25, 0.3) is 11.8 Å². The Morgan fingerprint density at radius 2 is 1.65 bits per heavy atom. The number of nitrogens with one attached hydrogen (secondary N) is 3. The molecule has 7 nitrogen and oxygen atoms in total. The van der Waals surface area contributed by atoms with Crippen molar-refractivity contribution in [2.75, 3.05) is 5.75 Å². The Bertz CT molecular complexity index is 1220. The fraction of sp³-hybridized carbons (Fsp3) is 0.160. The highest BCUT2D eigenvalue weighted by Gasteiger charge is 2.41. The Kier molecular flexibility index (Phi) is 6.83. The summed E-state index contributed by atoms with van der Waals surface area (Å²) in [6, 6.07) is 19.6. The average molecular weight is 480 g/mol. The van der Waals surface area contributed by atoms with Gasteiger partial charge in [0, 0.05) is 17.2 Å². The fourth-order valence-corrected chi connectivity index (χ4v) is 4.41. The Morgan fingerprint density at radius 1 is 1.00 bits per heavy atom. The third kappa shape index (κ3) is 5.55. The SMILES string of the molecule is CC1(CSc2ccccc2C(=O)NCc2ccc(Oc3ccc(F)cc3)cc2)NC(=O)NC1=O. The molecule has 34 heavy (non-hydrogen) atoms. The first-order valence-corrected chi connectivity index (χ1v) is 11.5.